The van der Waals surface area contributed by atoms with Crippen LogP contribution in [-0.4, -0.2) is 48.0 Å². The van der Waals surface area contributed by atoms with Gasteiger partial charge in [0.2, 0.25) is 10.0 Å². The third-order valence-electron chi connectivity index (χ3n) is 6.68. The maximum Gasteiger partial charge on any atom is 0.259 e. The van der Waals surface area contributed by atoms with E-state index >= 15 is 0 Å². The van der Waals surface area contributed by atoms with E-state index in [1.807, 2.05) is 26.0 Å². The van der Waals surface area contributed by atoms with E-state index in [9.17, 15) is 13.2 Å². The molecule has 1 N–H and O–H groups in total. The first-order valence-electron chi connectivity index (χ1n) is 11.0. The number of rotatable bonds is 5. The van der Waals surface area contributed by atoms with E-state index in [-0.39, 0.29) is 17.2 Å². The summed E-state index contributed by atoms with van der Waals surface area (Å²) >= 11 is 6.19. The number of hydrogen-bond donors (Lipinski definition) is 1. The Morgan fingerprint density at radius 3 is 2.69 bits per heavy atom. The number of piperidine rings is 1. The molecule has 0 radical (unpaired) electrons. The van der Waals surface area contributed by atoms with Crippen LogP contribution in [0.25, 0.3) is 0 Å². The molecule has 1 saturated carbocycles. The van der Waals surface area contributed by atoms with Crippen molar-refractivity contribution in [1.82, 2.24) is 9.29 Å². The van der Waals surface area contributed by atoms with Crippen molar-refractivity contribution in [2.45, 2.75) is 56.4 Å². The fraction of sp³-hybridized carbons (Fsp3) is 0.478. The summed E-state index contributed by atoms with van der Waals surface area (Å²) in [5.74, 6) is -0.0833. The Morgan fingerprint density at radius 1 is 1.16 bits per heavy atom. The predicted molar refractivity (Wildman–Crippen MR) is 126 cm³/mol. The molecule has 2 aliphatic heterocycles. The van der Waals surface area contributed by atoms with Crippen molar-refractivity contribution in [3.63, 3.8) is 0 Å². The van der Waals surface area contributed by atoms with Gasteiger partial charge in [-0.2, -0.15) is 4.31 Å². The summed E-state index contributed by atoms with van der Waals surface area (Å²) in [7, 11) is -3.18. The fourth-order valence-corrected chi connectivity index (χ4v) is 6.97. The number of carbonyl (C=O) groups excluding carboxylic acids is 1. The summed E-state index contributed by atoms with van der Waals surface area (Å²) in [6.07, 6.45) is 6.66. The first-order valence-corrected chi connectivity index (χ1v) is 12.9. The van der Waals surface area contributed by atoms with Gasteiger partial charge in [-0.3, -0.25) is 14.7 Å². The lowest BCUT2D eigenvalue weighted by Gasteiger charge is -2.34. The molecule has 9 heteroatoms. The van der Waals surface area contributed by atoms with E-state index in [2.05, 4.69) is 10.3 Å². The van der Waals surface area contributed by atoms with Crippen molar-refractivity contribution in [3.05, 3.63) is 52.8 Å². The third kappa shape index (κ3) is 3.68. The van der Waals surface area contributed by atoms with E-state index < -0.39 is 15.6 Å². The first-order chi connectivity index (χ1) is 15.2. The molecule has 0 spiro atoms. The van der Waals surface area contributed by atoms with Gasteiger partial charge in [0.05, 0.1) is 34.6 Å². The van der Waals surface area contributed by atoms with E-state index in [1.165, 1.54) is 0 Å². The van der Waals surface area contributed by atoms with Crippen LogP contribution in [0.15, 0.2) is 36.7 Å². The van der Waals surface area contributed by atoms with Crippen molar-refractivity contribution < 1.29 is 13.2 Å². The Morgan fingerprint density at radius 2 is 1.94 bits per heavy atom. The molecule has 0 bridgehead atoms. The number of carbonyl (C=O) groups is 1. The maximum atomic E-state index is 13.2. The Bertz CT molecular complexity index is 1180. The standard InChI is InChI=1S/C23H27ClN4O3S/c1-23(2)21-10-15(24)5-8-20(21)22(29)28(23)18-11-17(12-25-13-18)26-16-4-3-9-27(14-16)32(30,31)19-6-7-19/h5,8,10-13,16,19,26H,3-4,6-7,9,14H2,1-2H3/t16-/m0/s1. The first kappa shape index (κ1) is 21.7. The van der Waals surface area contributed by atoms with Crippen LogP contribution >= 0.6 is 11.6 Å². The van der Waals surface area contributed by atoms with Gasteiger partial charge in [0.1, 0.15) is 0 Å². The number of hydrogen-bond acceptors (Lipinski definition) is 5. The monoisotopic (exact) mass is 474 g/mol. The highest BCUT2D eigenvalue weighted by molar-refractivity contribution is 7.90. The van der Waals surface area contributed by atoms with Gasteiger partial charge >= 0.3 is 0 Å². The number of nitrogens with zero attached hydrogens (tertiary/aromatic N) is 3. The molecule has 0 unspecified atom stereocenters. The molecule has 5 rings (SSSR count). The van der Waals surface area contributed by atoms with Gasteiger partial charge < -0.3 is 5.32 Å². The molecule has 7 nitrogen and oxygen atoms in total. The second-order valence-corrected chi connectivity index (χ2v) is 12.1. The number of amides is 1. The van der Waals surface area contributed by atoms with Crippen molar-refractivity contribution in [2.24, 2.45) is 0 Å². The van der Waals surface area contributed by atoms with Crippen LogP contribution in [0.3, 0.4) is 0 Å². The van der Waals surface area contributed by atoms with Crippen molar-refractivity contribution >= 4 is 38.9 Å². The number of halogens is 1. The molecule has 1 amide bonds. The van der Waals surface area contributed by atoms with Gasteiger partial charge in [-0.05, 0) is 69.4 Å². The van der Waals surface area contributed by atoms with Crippen LogP contribution < -0.4 is 10.2 Å². The summed E-state index contributed by atoms with van der Waals surface area (Å²) in [6.45, 7) is 5.04. The van der Waals surface area contributed by atoms with Crippen molar-refractivity contribution in [2.75, 3.05) is 23.3 Å². The fourth-order valence-electron chi connectivity index (χ4n) is 4.88. The highest BCUT2D eigenvalue weighted by Gasteiger charge is 2.44. The van der Waals surface area contributed by atoms with Crippen molar-refractivity contribution in [1.29, 1.82) is 0 Å². The van der Waals surface area contributed by atoms with Crippen LogP contribution in [0.1, 0.15) is 55.5 Å². The van der Waals surface area contributed by atoms with Crippen LogP contribution in [-0.2, 0) is 15.6 Å². The van der Waals surface area contributed by atoms with Crippen molar-refractivity contribution in [3.8, 4) is 0 Å². The van der Waals surface area contributed by atoms with E-state index in [4.69, 9.17) is 11.6 Å². The van der Waals surface area contributed by atoms with E-state index in [1.54, 1.807) is 33.7 Å². The van der Waals surface area contributed by atoms with Gasteiger partial charge in [-0.1, -0.05) is 11.6 Å². The molecule has 2 fully saturated rings. The Labute approximate surface area is 193 Å². The molecule has 1 atom stereocenters. The number of nitrogens with one attached hydrogen (secondary N) is 1. The largest absolute Gasteiger partial charge is 0.380 e. The summed E-state index contributed by atoms with van der Waals surface area (Å²) in [5, 5.41) is 3.86. The zero-order valence-electron chi connectivity index (χ0n) is 18.2. The van der Waals surface area contributed by atoms with Crippen LogP contribution in [0, 0.1) is 0 Å². The van der Waals surface area contributed by atoms with Gasteiger partial charge in [0, 0.05) is 29.7 Å². The second kappa shape index (κ2) is 7.71. The maximum absolute atomic E-state index is 13.2. The lowest BCUT2D eigenvalue weighted by Crippen LogP contribution is -2.46. The summed E-state index contributed by atoms with van der Waals surface area (Å²) in [5.41, 5.74) is 2.43. The third-order valence-corrected chi connectivity index (χ3v) is 9.28. The molecular formula is C23H27ClN4O3S. The van der Waals surface area contributed by atoms with E-state index in [0.717, 1.165) is 36.9 Å². The summed E-state index contributed by atoms with van der Waals surface area (Å²) in [4.78, 5) is 19.3. The Balaban J connectivity index is 1.37. The molecule has 1 aliphatic carbocycles. The molecule has 2 aromatic rings. The smallest absolute Gasteiger partial charge is 0.259 e. The minimum atomic E-state index is -3.18. The zero-order chi connectivity index (χ0) is 22.7. The number of anilines is 2. The molecular weight excluding hydrogens is 448 g/mol. The quantitative estimate of drug-likeness (QED) is 0.708. The van der Waals surface area contributed by atoms with Crippen LogP contribution in [0.4, 0.5) is 11.4 Å². The highest BCUT2D eigenvalue weighted by Crippen LogP contribution is 2.43. The number of pyridine rings is 1. The molecule has 170 valence electrons. The van der Waals surface area contributed by atoms with Crippen LogP contribution in [0.2, 0.25) is 5.02 Å². The number of benzene rings is 1. The average Bonchev–Trinajstić information content (AvgIpc) is 3.58. The van der Waals surface area contributed by atoms with Gasteiger partial charge in [0.25, 0.3) is 5.91 Å². The molecule has 3 heterocycles. The number of aromatic nitrogens is 1. The number of fused-ring (bicyclic) bond motifs is 1. The SMILES string of the molecule is CC1(C)c2cc(Cl)ccc2C(=O)N1c1cncc(N[C@H]2CCCN(S(=O)(=O)C3CC3)C2)c1. The lowest BCUT2D eigenvalue weighted by atomic mass is 9.93. The lowest BCUT2D eigenvalue weighted by molar-refractivity contribution is 0.0982. The highest BCUT2D eigenvalue weighted by atomic mass is 35.5. The average molecular weight is 475 g/mol. The topological polar surface area (TPSA) is 82.6 Å². The summed E-state index contributed by atoms with van der Waals surface area (Å²) < 4.78 is 26.9. The van der Waals surface area contributed by atoms with E-state index in [0.29, 0.717) is 29.4 Å². The van der Waals surface area contributed by atoms with Gasteiger partial charge in [-0.15, -0.1) is 0 Å². The normalized spacial score (nSPS) is 23.3. The minimum absolute atomic E-state index is 0.00705. The zero-order valence-corrected chi connectivity index (χ0v) is 19.8. The Hall–Kier alpha value is -2.16. The predicted octanol–water partition coefficient (Wildman–Crippen LogP) is 4.00. The molecule has 1 aromatic heterocycles. The molecule has 32 heavy (non-hydrogen) atoms. The minimum Gasteiger partial charge on any atom is -0.380 e. The number of sulfonamides is 1. The molecule has 3 aliphatic rings. The van der Waals surface area contributed by atoms with Gasteiger partial charge in [0.15, 0.2) is 0 Å². The summed E-state index contributed by atoms with van der Waals surface area (Å²) in [6, 6.07) is 7.27. The Kier molecular flexibility index (Phi) is 5.22. The second-order valence-electron chi connectivity index (χ2n) is 9.41. The van der Waals surface area contributed by atoms with Crippen LogP contribution in [0.5, 0.6) is 0 Å². The molecule has 1 aromatic carbocycles. The molecule has 1 saturated heterocycles. The van der Waals surface area contributed by atoms with Gasteiger partial charge in [-0.25, -0.2) is 8.42 Å².